The lowest BCUT2D eigenvalue weighted by atomic mass is 9.97. The van der Waals surface area contributed by atoms with Gasteiger partial charge in [-0.15, -0.1) is 0 Å². The molecule has 1 aromatic carbocycles. The van der Waals surface area contributed by atoms with Crippen molar-refractivity contribution in [2.45, 2.75) is 39.3 Å². The number of nitriles is 1. The summed E-state index contributed by atoms with van der Waals surface area (Å²) < 4.78 is 29.3. The Morgan fingerprint density at radius 2 is 2.12 bits per heavy atom. The Bertz CT molecular complexity index is 1210. The van der Waals surface area contributed by atoms with E-state index in [4.69, 9.17) is 11.0 Å². The number of aliphatic imine (C=N–C) groups is 1. The molecule has 4 rings (SSSR count). The first-order valence-electron chi connectivity index (χ1n) is 10.4. The number of aromatic nitrogens is 2. The number of nitrogens with zero attached hydrogens (tertiary/aromatic N) is 5. The molecular weight excluding hydrogens is 410 g/mol. The summed E-state index contributed by atoms with van der Waals surface area (Å²) in [5.74, 6) is -0.344. The normalized spacial score (nSPS) is 18.2. The van der Waals surface area contributed by atoms with E-state index in [-0.39, 0.29) is 5.69 Å². The molecule has 2 heterocycles. The van der Waals surface area contributed by atoms with Gasteiger partial charge in [-0.2, -0.15) is 5.26 Å². The van der Waals surface area contributed by atoms with Crippen molar-refractivity contribution < 1.29 is 8.78 Å². The number of hydrogen-bond acceptors (Lipinski definition) is 5. The molecule has 2 aromatic rings. The second-order valence-corrected chi connectivity index (χ2v) is 8.01. The molecule has 32 heavy (non-hydrogen) atoms. The average molecular weight is 434 g/mol. The number of halogens is 2. The number of benzene rings is 1. The number of nitrogens with two attached hydrogens (primary N) is 1. The summed E-state index contributed by atoms with van der Waals surface area (Å²) in [4.78, 5) is 10.9. The lowest BCUT2D eigenvalue weighted by Gasteiger charge is -2.29. The van der Waals surface area contributed by atoms with Crippen molar-refractivity contribution >= 4 is 12.2 Å². The molecule has 0 spiro atoms. The molecule has 0 fully saturated rings. The van der Waals surface area contributed by atoms with Crippen LogP contribution in [0.3, 0.4) is 0 Å². The lowest BCUT2D eigenvalue weighted by Crippen LogP contribution is -2.36. The van der Waals surface area contributed by atoms with Crippen LogP contribution < -0.4 is 5.73 Å². The first kappa shape index (κ1) is 21.7. The van der Waals surface area contributed by atoms with Gasteiger partial charge in [0, 0.05) is 18.2 Å². The molecule has 0 radical (unpaired) electrons. The van der Waals surface area contributed by atoms with Crippen molar-refractivity contribution in [3.63, 3.8) is 0 Å². The number of rotatable bonds is 5. The smallest absolute Gasteiger partial charge is 0.165 e. The Morgan fingerprint density at radius 1 is 1.31 bits per heavy atom. The maximum absolute atomic E-state index is 14.4. The Morgan fingerprint density at radius 3 is 2.81 bits per heavy atom. The fourth-order valence-electron chi connectivity index (χ4n) is 3.93. The van der Waals surface area contributed by atoms with Gasteiger partial charge in [-0.1, -0.05) is 17.7 Å². The van der Waals surface area contributed by atoms with Crippen molar-refractivity contribution in [2.24, 2.45) is 10.7 Å². The Hall–Kier alpha value is -3.57. The van der Waals surface area contributed by atoms with Gasteiger partial charge in [0.1, 0.15) is 29.3 Å². The summed E-state index contributed by atoms with van der Waals surface area (Å²) in [5.41, 5.74) is 10.4. The molecular formula is C24H24F2N6. The van der Waals surface area contributed by atoms with E-state index in [1.165, 1.54) is 23.3 Å². The molecule has 2 N–H and O–H groups in total. The van der Waals surface area contributed by atoms with Gasteiger partial charge >= 0.3 is 0 Å². The minimum absolute atomic E-state index is 0.184. The van der Waals surface area contributed by atoms with E-state index in [0.717, 1.165) is 30.9 Å². The van der Waals surface area contributed by atoms with Gasteiger partial charge in [-0.05, 0) is 56.9 Å². The molecule has 8 heteroatoms. The fraction of sp³-hybridized carbons (Fsp3) is 0.292. The molecule has 1 unspecified atom stereocenters. The number of imidazole rings is 1. The third-order valence-corrected chi connectivity index (χ3v) is 5.68. The summed E-state index contributed by atoms with van der Waals surface area (Å²) in [7, 11) is 0. The monoisotopic (exact) mass is 434 g/mol. The zero-order chi connectivity index (χ0) is 22.8. The minimum atomic E-state index is -0.686. The predicted octanol–water partition coefficient (Wildman–Crippen LogP) is 4.90. The van der Waals surface area contributed by atoms with E-state index < -0.39 is 17.8 Å². The van der Waals surface area contributed by atoms with Crippen LogP contribution in [0.15, 0.2) is 58.1 Å². The van der Waals surface area contributed by atoms with Crippen LogP contribution in [0.25, 0.3) is 5.69 Å². The first-order chi connectivity index (χ1) is 15.4. The molecule has 2 aliphatic rings. The van der Waals surface area contributed by atoms with Gasteiger partial charge in [0.25, 0.3) is 0 Å². The van der Waals surface area contributed by atoms with Crippen LogP contribution in [-0.2, 0) is 0 Å². The molecule has 1 aliphatic heterocycles. The Labute approximate surface area is 185 Å². The van der Waals surface area contributed by atoms with Crippen molar-refractivity contribution in [2.75, 3.05) is 6.54 Å². The van der Waals surface area contributed by atoms with Gasteiger partial charge in [-0.25, -0.2) is 18.8 Å². The van der Waals surface area contributed by atoms with Crippen molar-refractivity contribution in [3.05, 3.63) is 76.3 Å². The number of fused-ring (bicyclic) bond motifs is 1. The maximum Gasteiger partial charge on any atom is 0.165 e. The highest BCUT2D eigenvalue weighted by Crippen LogP contribution is 2.34. The molecule has 1 aliphatic carbocycles. The summed E-state index contributed by atoms with van der Waals surface area (Å²) in [6.07, 6.45) is 9.58. The highest BCUT2D eigenvalue weighted by Gasteiger charge is 2.28. The second kappa shape index (κ2) is 8.89. The lowest BCUT2D eigenvalue weighted by molar-refractivity contribution is 0.326. The van der Waals surface area contributed by atoms with E-state index in [9.17, 15) is 8.78 Å². The van der Waals surface area contributed by atoms with Gasteiger partial charge in [0.2, 0.25) is 0 Å². The van der Waals surface area contributed by atoms with Gasteiger partial charge < -0.3 is 10.6 Å². The zero-order valence-electron chi connectivity index (χ0n) is 18.0. The molecule has 1 atom stereocenters. The molecule has 0 bridgehead atoms. The van der Waals surface area contributed by atoms with E-state index >= 15 is 0 Å². The number of allylic oxidation sites excluding steroid dienone is 5. The second-order valence-electron chi connectivity index (χ2n) is 8.01. The van der Waals surface area contributed by atoms with Crippen LogP contribution in [0.4, 0.5) is 14.6 Å². The molecule has 164 valence electrons. The summed E-state index contributed by atoms with van der Waals surface area (Å²) >= 11 is 0. The third-order valence-electron chi connectivity index (χ3n) is 5.68. The van der Waals surface area contributed by atoms with Crippen LogP contribution in [0, 0.1) is 29.9 Å². The van der Waals surface area contributed by atoms with Crippen molar-refractivity contribution in [3.8, 4) is 11.8 Å². The standard InChI is InChI=1S/C24H24F2N6/c1-15(11-17-3-5-18(13-27)6-4-17)9-10-31-14-29-24-22(23(31)28)30-16(2)32(24)21-8-7-19(25)12-20(21)26/h3,5,7-8,11-12,14,23H,4,6,9-10,28H2,1-2H3. The molecule has 0 saturated heterocycles. The highest BCUT2D eigenvalue weighted by molar-refractivity contribution is 5.67. The van der Waals surface area contributed by atoms with Crippen LogP contribution in [0.5, 0.6) is 0 Å². The zero-order valence-corrected chi connectivity index (χ0v) is 18.0. The SMILES string of the molecule is CC(=CC1=CC=C(C#N)CC1)CCN1C=Nc2c(nc(C)n2-c2ccc(F)cc2F)C1N. The van der Waals surface area contributed by atoms with Crippen molar-refractivity contribution in [1.29, 1.82) is 5.26 Å². The Kier molecular flexibility index (Phi) is 6.01. The quantitative estimate of drug-likeness (QED) is 0.726. The summed E-state index contributed by atoms with van der Waals surface area (Å²) in [6, 6.07) is 5.61. The van der Waals surface area contributed by atoms with E-state index in [1.807, 2.05) is 17.1 Å². The van der Waals surface area contributed by atoms with Crippen LogP contribution >= 0.6 is 0 Å². The van der Waals surface area contributed by atoms with E-state index in [2.05, 4.69) is 29.0 Å². The highest BCUT2D eigenvalue weighted by atomic mass is 19.1. The molecule has 6 nitrogen and oxygen atoms in total. The fourth-order valence-corrected chi connectivity index (χ4v) is 3.93. The van der Waals surface area contributed by atoms with E-state index in [1.54, 1.807) is 17.8 Å². The van der Waals surface area contributed by atoms with Gasteiger partial charge in [0.05, 0.1) is 18.1 Å². The van der Waals surface area contributed by atoms with E-state index in [0.29, 0.717) is 23.9 Å². The minimum Gasteiger partial charge on any atom is -0.341 e. The van der Waals surface area contributed by atoms with Gasteiger partial charge in [0.15, 0.2) is 5.82 Å². The number of aryl methyl sites for hydroxylation is 1. The third kappa shape index (κ3) is 4.25. The topological polar surface area (TPSA) is 83.2 Å². The Balaban J connectivity index is 1.50. The average Bonchev–Trinajstić information content (AvgIpc) is 3.10. The number of hydrogen-bond donors (Lipinski definition) is 1. The van der Waals surface area contributed by atoms with Crippen LogP contribution in [0.2, 0.25) is 0 Å². The molecule has 0 amide bonds. The molecule has 1 aromatic heterocycles. The van der Waals surface area contributed by atoms with Crippen LogP contribution in [0.1, 0.15) is 43.9 Å². The summed E-state index contributed by atoms with van der Waals surface area (Å²) in [5, 5.41) is 8.96. The molecule has 0 saturated carbocycles. The maximum atomic E-state index is 14.4. The van der Waals surface area contributed by atoms with Crippen molar-refractivity contribution in [1.82, 2.24) is 14.5 Å². The summed E-state index contributed by atoms with van der Waals surface area (Å²) in [6.45, 7) is 4.46. The van der Waals surface area contributed by atoms with Crippen LogP contribution in [-0.4, -0.2) is 27.3 Å². The first-order valence-corrected chi connectivity index (χ1v) is 10.4. The van der Waals surface area contributed by atoms with Gasteiger partial charge in [-0.3, -0.25) is 4.57 Å². The predicted molar refractivity (Wildman–Crippen MR) is 119 cm³/mol. The largest absolute Gasteiger partial charge is 0.341 e.